The number of amides is 5. The molecule has 29 heavy (non-hydrogen) atoms. The molecule has 0 aromatic heterocycles. The fraction of sp³-hybridized carbons (Fsp3) is 0.0526. The van der Waals surface area contributed by atoms with Gasteiger partial charge in [0.15, 0.2) is 18.2 Å². The van der Waals surface area contributed by atoms with Crippen molar-refractivity contribution in [1.29, 1.82) is 0 Å². The largest absolute Gasteiger partial charge is 0.484 e. The molecule has 2 aromatic carbocycles. The average molecular weight is 401 g/mol. The summed E-state index contributed by atoms with van der Waals surface area (Å²) >= 11 is 0. The summed E-state index contributed by atoms with van der Waals surface area (Å²) in [6.07, 6.45) is 1.29. The van der Waals surface area contributed by atoms with Crippen LogP contribution >= 0.6 is 0 Å². The van der Waals surface area contributed by atoms with Crippen molar-refractivity contribution < 1.29 is 32.7 Å². The monoisotopic (exact) mass is 401 g/mol. The van der Waals surface area contributed by atoms with E-state index in [9.17, 15) is 28.0 Å². The summed E-state index contributed by atoms with van der Waals surface area (Å²) in [5.41, 5.74) is 0.337. The van der Waals surface area contributed by atoms with Crippen LogP contribution in [-0.2, 0) is 14.4 Å². The number of ether oxygens (including phenoxy) is 1. The van der Waals surface area contributed by atoms with E-state index in [2.05, 4.69) is 5.32 Å². The molecule has 0 atom stereocenters. The fourth-order valence-electron chi connectivity index (χ4n) is 2.35. The molecule has 0 radical (unpaired) electrons. The van der Waals surface area contributed by atoms with Crippen molar-refractivity contribution >= 4 is 35.5 Å². The number of anilines is 1. The third-order valence-corrected chi connectivity index (χ3v) is 3.71. The van der Waals surface area contributed by atoms with Gasteiger partial charge in [-0.05, 0) is 35.9 Å². The van der Waals surface area contributed by atoms with Crippen molar-refractivity contribution in [2.45, 2.75) is 0 Å². The summed E-state index contributed by atoms with van der Waals surface area (Å²) in [6, 6.07) is 8.13. The Labute approximate surface area is 162 Å². The van der Waals surface area contributed by atoms with Gasteiger partial charge in [-0.25, -0.2) is 13.6 Å². The molecule has 1 saturated heterocycles. The number of hydrogen-bond donors (Lipinski definition) is 3. The summed E-state index contributed by atoms with van der Waals surface area (Å²) in [4.78, 5) is 46.2. The number of imide groups is 2. The Morgan fingerprint density at radius 2 is 1.62 bits per heavy atom. The zero-order valence-corrected chi connectivity index (χ0v) is 14.6. The van der Waals surface area contributed by atoms with E-state index in [-0.39, 0.29) is 17.9 Å². The van der Waals surface area contributed by atoms with Crippen LogP contribution in [0.2, 0.25) is 0 Å². The van der Waals surface area contributed by atoms with Crippen LogP contribution < -0.4 is 20.7 Å². The minimum Gasteiger partial charge on any atom is -0.484 e. The van der Waals surface area contributed by atoms with E-state index >= 15 is 0 Å². The number of carbonyl (C=O) groups excluding carboxylic acids is 4. The molecule has 1 aliphatic rings. The molecule has 148 valence electrons. The highest BCUT2D eigenvalue weighted by atomic mass is 19.2. The number of carbonyl (C=O) groups is 4. The maximum Gasteiger partial charge on any atom is 0.328 e. The second-order valence-electron chi connectivity index (χ2n) is 5.83. The lowest BCUT2D eigenvalue weighted by Crippen LogP contribution is -2.51. The Morgan fingerprint density at radius 3 is 2.24 bits per heavy atom. The first-order valence-electron chi connectivity index (χ1n) is 8.18. The second-order valence-corrected chi connectivity index (χ2v) is 5.83. The summed E-state index contributed by atoms with van der Waals surface area (Å²) in [6.45, 7) is -0.383. The van der Waals surface area contributed by atoms with E-state index in [1.165, 1.54) is 36.4 Å². The van der Waals surface area contributed by atoms with Crippen molar-refractivity contribution in [2.75, 3.05) is 11.9 Å². The van der Waals surface area contributed by atoms with Crippen LogP contribution in [-0.4, -0.2) is 30.4 Å². The number of rotatable bonds is 5. The number of barbiturate groups is 1. The second kappa shape index (κ2) is 8.30. The normalized spacial score (nSPS) is 13.4. The maximum absolute atomic E-state index is 13.1. The van der Waals surface area contributed by atoms with E-state index in [0.717, 1.165) is 12.1 Å². The van der Waals surface area contributed by atoms with Gasteiger partial charge in [-0.2, -0.15) is 0 Å². The van der Waals surface area contributed by atoms with Crippen LogP contribution in [0, 0.1) is 11.6 Å². The van der Waals surface area contributed by atoms with Gasteiger partial charge in [0.2, 0.25) is 0 Å². The van der Waals surface area contributed by atoms with Crippen molar-refractivity contribution in [3.05, 3.63) is 65.2 Å². The highest BCUT2D eigenvalue weighted by Gasteiger charge is 2.27. The topological polar surface area (TPSA) is 114 Å². The standard InChI is InChI=1S/C19H13F2N3O5/c20-14-6-3-11(8-15(14)21)22-16(25)9-29-12-4-1-10(2-5-12)7-13-17(26)23-19(28)24-18(13)27/h1-8H,9H2,(H,22,25)(H2,23,24,26,27,28). The number of hydrogen-bond acceptors (Lipinski definition) is 5. The summed E-state index contributed by atoms with van der Waals surface area (Å²) < 4.78 is 31.3. The van der Waals surface area contributed by atoms with Gasteiger partial charge in [-0.15, -0.1) is 0 Å². The van der Waals surface area contributed by atoms with Crippen LogP contribution in [0.3, 0.4) is 0 Å². The number of nitrogens with one attached hydrogen (secondary N) is 3. The molecule has 0 spiro atoms. The Bertz CT molecular complexity index is 1010. The highest BCUT2D eigenvalue weighted by molar-refractivity contribution is 6.31. The van der Waals surface area contributed by atoms with Crippen molar-refractivity contribution in [2.24, 2.45) is 0 Å². The van der Waals surface area contributed by atoms with E-state index in [1.54, 1.807) is 0 Å². The molecular formula is C19H13F2N3O5. The molecule has 0 aliphatic carbocycles. The van der Waals surface area contributed by atoms with Crippen LogP contribution in [0.5, 0.6) is 5.75 Å². The molecule has 1 aliphatic heterocycles. The lowest BCUT2D eigenvalue weighted by molar-refractivity contribution is -0.124. The van der Waals surface area contributed by atoms with Crippen molar-refractivity contribution in [3.63, 3.8) is 0 Å². The maximum atomic E-state index is 13.1. The van der Waals surface area contributed by atoms with Gasteiger partial charge in [0, 0.05) is 11.8 Å². The van der Waals surface area contributed by atoms with Gasteiger partial charge in [0.1, 0.15) is 11.3 Å². The molecule has 8 nitrogen and oxygen atoms in total. The van der Waals surface area contributed by atoms with E-state index in [4.69, 9.17) is 4.74 Å². The molecular weight excluding hydrogens is 388 g/mol. The molecule has 3 rings (SSSR count). The molecule has 0 unspecified atom stereocenters. The minimum atomic E-state index is -1.09. The van der Waals surface area contributed by atoms with E-state index in [1.807, 2.05) is 10.6 Å². The lowest BCUT2D eigenvalue weighted by Gasteiger charge is -2.14. The number of urea groups is 1. The van der Waals surface area contributed by atoms with E-state index in [0.29, 0.717) is 11.3 Å². The van der Waals surface area contributed by atoms with E-state index < -0.39 is 35.4 Å². The summed E-state index contributed by atoms with van der Waals surface area (Å²) in [5, 5.41) is 6.28. The highest BCUT2D eigenvalue weighted by Crippen LogP contribution is 2.16. The van der Waals surface area contributed by atoms with Crippen molar-refractivity contribution in [3.8, 4) is 5.75 Å². The third kappa shape index (κ3) is 5.01. The predicted molar refractivity (Wildman–Crippen MR) is 96.6 cm³/mol. The van der Waals surface area contributed by atoms with Crippen LogP contribution in [0.15, 0.2) is 48.0 Å². The Balaban J connectivity index is 1.57. The van der Waals surface area contributed by atoms with Crippen LogP contribution in [0.1, 0.15) is 5.56 Å². The molecule has 10 heteroatoms. The van der Waals surface area contributed by atoms with Gasteiger partial charge in [0.05, 0.1) is 0 Å². The summed E-state index contributed by atoms with van der Waals surface area (Å²) in [7, 11) is 0. The smallest absolute Gasteiger partial charge is 0.328 e. The Morgan fingerprint density at radius 1 is 0.966 bits per heavy atom. The molecule has 3 N–H and O–H groups in total. The Hall–Kier alpha value is -4.08. The number of halogens is 2. The molecule has 5 amide bonds. The first-order valence-corrected chi connectivity index (χ1v) is 8.18. The van der Waals surface area contributed by atoms with Crippen LogP contribution in [0.25, 0.3) is 6.08 Å². The zero-order valence-electron chi connectivity index (χ0n) is 14.6. The molecule has 1 heterocycles. The predicted octanol–water partition coefficient (Wildman–Crippen LogP) is 1.73. The first-order chi connectivity index (χ1) is 13.8. The molecule has 0 saturated carbocycles. The zero-order chi connectivity index (χ0) is 21.0. The lowest BCUT2D eigenvalue weighted by atomic mass is 10.1. The van der Waals surface area contributed by atoms with Gasteiger partial charge in [-0.1, -0.05) is 12.1 Å². The molecule has 2 aromatic rings. The molecule has 1 fully saturated rings. The summed E-state index contributed by atoms with van der Waals surface area (Å²) in [5.74, 6) is -3.99. The van der Waals surface area contributed by atoms with Crippen LogP contribution in [0.4, 0.5) is 19.3 Å². The quantitative estimate of drug-likeness (QED) is 0.522. The van der Waals surface area contributed by atoms with Gasteiger partial charge in [0.25, 0.3) is 17.7 Å². The minimum absolute atomic E-state index is 0.0852. The van der Waals surface area contributed by atoms with Gasteiger partial charge in [-0.3, -0.25) is 25.0 Å². The molecule has 0 bridgehead atoms. The Kier molecular flexibility index (Phi) is 5.63. The SMILES string of the molecule is O=C(COc1ccc(C=C2C(=O)NC(=O)NC2=O)cc1)Nc1ccc(F)c(F)c1. The fourth-order valence-corrected chi connectivity index (χ4v) is 2.35. The average Bonchev–Trinajstić information content (AvgIpc) is 2.67. The third-order valence-electron chi connectivity index (χ3n) is 3.71. The first kappa shape index (κ1) is 19.7. The van der Waals surface area contributed by atoms with Crippen molar-refractivity contribution in [1.82, 2.24) is 10.6 Å². The van der Waals surface area contributed by atoms with Gasteiger partial charge >= 0.3 is 6.03 Å². The van der Waals surface area contributed by atoms with Gasteiger partial charge < -0.3 is 10.1 Å². The number of benzene rings is 2.